The van der Waals surface area contributed by atoms with E-state index < -0.39 is 0 Å². The summed E-state index contributed by atoms with van der Waals surface area (Å²) in [7, 11) is 0. The summed E-state index contributed by atoms with van der Waals surface area (Å²) in [4.78, 5) is 1.24. The van der Waals surface area contributed by atoms with Crippen LogP contribution in [0.15, 0.2) is 33.6 Å². The first-order valence-electron chi connectivity index (χ1n) is 5.88. The fraction of sp³-hybridized carbons (Fsp3) is 0.538. The van der Waals surface area contributed by atoms with Crippen LogP contribution in [0.1, 0.15) is 19.8 Å². The first-order chi connectivity index (χ1) is 8.11. The number of aliphatic hydroxyl groups excluding tert-OH is 1. The molecular formula is C13H18BrNOS. The van der Waals surface area contributed by atoms with Crippen LogP contribution in [0.2, 0.25) is 0 Å². The van der Waals surface area contributed by atoms with Gasteiger partial charge < -0.3 is 10.4 Å². The van der Waals surface area contributed by atoms with Gasteiger partial charge in [-0.25, -0.2) is 0 Å². The predicted molar refractivity (Wildman–Crippen MR) is 76.5 cm³/mol. The van der Waals surface area contributed by atoms with Gasteiger partial charge in [0.15, 0.2) is 0 Å². The molecule has 94 valence electrons. The first-order valence-corrected chi connectivity index (χ1v) is 7.66. The van der Waals surface area contributed by atoms with Crippen molar-refractivity contribution in [2.45, 2.75) is 36.2 Å². The molecule has 1 aromatic rings. The summed E-state index contributed by atoms with van der Waals surface area (Å²) < 4.78 is 1.10. The summed E-state index contributed by atoms with van der Waals surface area (Å²) in [5.41, 5.74) is -0.168. The van der Waals surface area contributed by atoms with Crippen molar-refractivity contribution < 1.29 is 5.11 Å². The average molecular weight is 316 g/mol. The van der Waals surface area contributed by atoms with Gasteiger partial charge in [0.25, 0.3) is 0 Å². The van der Waals surface area contributed by atoms with Crippen LogP contribution in [0.25, 0.3) is 0 Å². The molecule has 1 fully saturated rings. The Labute approximate surface area is 115 Å². The molecule has 0 aromatic heterocycles. The molecule has 1 aromatic carbocycles. The number of thioether (sulfide) groups is 1. The molecule has 0 bridgehead atoms. The SMILES string of the molecule is CC(CO)(CSc1ccc(Br)cc1)NC1CC1. The molecule has 4 heteroatoms. The molecule has 0 amide bonds. The molecule has 17 heavy (non-hydrogen) atoms. The third kappa shape index (κ3) is 4.28. The molecule has 2 nitrogen and oxygen atoms in total. The molecule has 1 atom stereocenters. The van der Waals surface area contributed by atoms with Crippen LogP contribution in [0.5, 0.6) is 0 Å². The molecular weight excluding hydrogens is 298 g/mol. The molecule has 0 spiro atoms. The van der Waals surface area contributed by atoms with Crippen molar-refractivity contribution in [2.75, 3.05) is 12.4 Å². The Morgan fingerprint density at radius 1 is 1.41 bits per heavy atom. The van der Waals surface area contributed by atoms with E-state index in [9.17, 15) is 5.11 Å². The normalized spacial score (nSPS) is 19.0. The van der Waals surface area contributed by atoms with Crippen LogP contribution in [0.3, 0.4) is 0 Å². The molecule has 0 aliphatic heterocycles. The lowest BCUT2D eigenvalue weighted by atomic mass is 10.1. The Morgan fingerprint density at radius 2 is 2.06 bits per heavy atom. The smallest absolute Gasteiger partial charge is 0.0618 e. The van der Waals surface area contributed by atoms with E-state index in [-0.39, 0.29) is 12.1 Å². The molecule has 0 radical (unpaired) electrons. The van der Waals surface area contributed by atoms with Gasteiger partial charge in [0.1, 0.15) is 0 Å². The summed E-state index contributed by atoms with van der Waals surface area (Å²) in [5.74, 6) is 0.891. The van der Waals surface area contributed by atoms with Gasteiger partial charge in [-0.1, -0.05) is 15.9 Å². The van der Waals surface area contributed by atoms with E-state index in [1.807, 2.05) is 12.1 Å². The molecule has 1 aliphatic carbocycles. The quantitative estimate of drug-likeness (QED) is 0.791. The fourth-order valence-corrected chi connectivity index (χ4v) is 2.88. The predicted octanol–water partition coefficient (Wildman–Crippen LogP) is 3.04. The number of aliphatic hydroxyl groups is 1. The Hall–Kier alpha value is -0.0300. The van der Waals surface area contributed by atoms with Crippen molar-refractivity contribution in [3.05, 3.63) is 28.7 Å². The number of hydrogen-bond acceptors (Lipinski definition) is 3. The van der Waals surface area contributed by atoms with Gasteiger partial charge in [0, 0.05) is 26.7 Å². The van der Waals surface area contributed by atoms with E-state index in [0.29, 0.717) is 6.04 Å². The minimum atomic E-state index is -0.168. The van der Waals surface area contributed by atoms with Crippen molar-refractivity contribution in [1.82, 2.24) is 5.32 Å². The number of rotatable bonds is 6. The van der Waals surface area contributed by atoms with Crippen LogP contribution < -0.4 is 5.32 Å². The van der Waals surface area contributed by atoms with Gasteiger partial charge >= 0.3 is 0 Å². The monoisotopic (exact) mass is 315 g/mol. The lowest BCUT2D eigenvalue weighted by Gasteiger charge is -2.28. The second-order valence-corrected chi connectivity index (χ2v) is 6.84. The fourth-order valence-electron chi connectivity index (χ4n) is 1.63. The Kier molecular flexibility index (Phi) is 4.53. The van der Waals surface area contributed by atoms with Crippen LogP contribution >= 0.6 is 27.7 Å². The number of nitrogens with one attached hydrogen (secondary N) is 1. The standard InChI is InChI=1S/C13H18BrNOS/c1-13(8-16,15-11-4-5-11)9-17-12-6-2-10(14)3-7-12/h2-3,6-7,11,15-16H,4-5,8-9H2,1H3. The van der Waals surface area contributed by atoms with Crippen LogP contribution in [-0.2, 0) is 0 Å². The maximum Gasteiger partial charge on any atom is 0.0618 e. The number of benzene rings is 1. The molecule has 2 N–H and O–H groups in total. The van der Waals surface area contributed by atoms with E-state index in [4.69, 9.17) is 0 Å². The van der Waals surface area contributed by atoms with E-state index in [1.165, 1.54) is 17.7 Å². The zero-order valence-corrected chi connectivity index (χ0v) is 12.4. The Balaban J connectivity index is 1.88. The zero-order chi connectivity index (χ0) is 12.3. The maximum atomic E-state index is 9.50. The third-order valence-electron chi connectivity index (χ3n) is 2.85. The van der Waals surface area contributed by atoms with Gasteiger partial charge in [-0.3, -0.25) is 0 Å². The molecule has 2 rings (SSSR count). The van der Waals surface area contributed by atoms with Gasteiger partial charge in [0.2, 0.25) is 0 Å². The molecule has 1 aliphatic rings. The molecule has 0 saturated heterocycles. The second kappa shape index (κ2) is 5.74. The third-order valence-corrected chi connectivity index (χ3v) is 4.77. The highest BCUT2D eigenvalue weighted by Crippen LogP contribution is 2.27. The topological polar surface area (TPSA) is 32.3 Å². The molecule has 1 saturated carbocycles. The van der Waals surface area contributed by atoms with Crippen molar-refractivity contribution in [3.8, 4) is 0 Å². The molecule has 1 unspecified atom stereocenters. The van der Waals surface area contributed by atoms with Crippen LogP contribution in [0.4, 0.5) is 0 Å². The summed E-state index contributed by atoms with van der Waals surface area (Å²) in [6.45, 7) is 2.28. The minimum Gasteiger partial charge on any atom is -0.394 e. The van der Waals surface area contributed by atoms with Crippen molar-refractivity contribution in [3.63, 3.8) is 0 Å². The highest BCUT2D eigenvalue weighted by Gasteiger charge is 2.31. The Morgan fingerprint density at radius 3 is 2.59 bits per heavy atom. The van der Waals surface area contributed by atoms with E-state index in [1.54, 1.807) is 11.8 Å². The van der Waals surface area contributed by atoms with Gasteiger partial charge in [0.05, 0.1) is 6.61 Å². The van der Waals surface area contributed by atoms with Gasteiger partial charge in [-0.15, -0.1) is 11.8 Å². The van der Waals surface area contributed by atoms with Gasteiger partial charge in [-0.2, -0.15) is 0 Å². The van der Waals surface area contributed by atoms with Crippen molar-refractivity contribution >= 4 is 27.7 Å². The summed E-state index contributed by atoms with van der Waals surface area (Å²) in [6, 6.07) is 8.92. The van der Waals surface area contributed by atoms with Gasteiger partial charge in [-0.05, 0) is 44.0 Å². The summed E-state index contributed by atoms with van der Waals surface area (Å²) in [5, 5.41) is 13.0. The maximum absolute atomic E-state index is 9.50. The van der Waals surface area contributed by atoms with E-state index >= 15 is 0 Å². The molecule has 0 heterocycles. The minimum absolute atomic E-state index is 0.168. The largest absolute Gasteiger partial charge is 0.394 e. The average Bonchev–Trinajstić information content (AvgIpc) is 3.12. The van der Waals surface area contributed by atoms with E-state index in [2.05, 4.69) is 40.3 Å². The van der Waals surface area contributed by atoms with Crippen molar-refractivity contribution in [1.29, 1.82) is 0 Å². The summed E-state index contributed by atoms with van der Waals surface area (Å²) in [6.07, 6.45) is 2.50. The second-order valence-electron chi connectivity index (χ2n) is 4.88. The lowest BCUT2D eigenvalue weighted by molar-refractivity contribution is 0.190. The highest BCUT2D eigenvalue weighted by molar-refractivity contribution is 9.10. The highest BCUT2D eigenvalue weighted by atomic mass is 79.9. The van der Waals surface area contributed by atoms with Crippen molar-refractivity contribution in [2.24, 2.45) is 0 Å². The number of halogens is 1. The van der Waals surface area contributed by atoms with Crippen LogP contribution in [0, 0.1) is 0 Å². The van der Waals surface area contributed by atoms with E-state index in [0.717, 1.165) is 10.2 Å². The lowest BCUT2D eigenvalue weighted by Crippen LogP contribution is -2.49. The summed E-state index contributed by atoms with van der Waals surface area (Å²) >= 11 is 5.22. The number of hydrogen-bond donors (Lipinski definition) is 2. The Bertz CT molecular complexity index is 366. The zero-order valence-electron chi connectivity index (χ0n) is 9.95. The first kappa shape index (κ1) is 13.4. The van der Waals surface area contributed by atoms with Crippen LogP contribution in [-0.4, -0.2) is 29.0 Å².